The van der Waals surface area contributed by atoms with Gasteiger partial charge in [0.15, 0.2) is 0 Å². The number of aromatic nitrogens is 1. The SMILES string of the molecule is CCO.COCCCc1ccc(C(F)(F)F)nc1CO. The third kappa shape index (κ3) is 6.83. The molecule has 1 heterocycles. The summed E-state index contributed by atoms with van der Waals surface area (Å²) in [7, 11) is 1.55. The van der Waals surface area contributed by atoms with E-state index in [1.807, 2.05) is 0 Å². The van der Waals surface area contributed by atoms with E-state index in [0.717, 1.165) is 6.07 Å². The molecule has 4 nitrogen and oxygen atoms in total. The van der Waals surface area contributed by atoms with Crippen molar-refractivity contribution < 1.29 is 28.1 Å². The van der Waals surface area contributed by atoms with Crippen LogP contribution in [0.2, 0.25) is 0 Å². The van der Waals surface area contributed by atoms with Gasteiger partial charge in [0.2, 0.25) is 0 Å². The van der Waals surface area contributed by atoms with Crippen LogP contribution in [0.15, 0.2) is 12.1 Å². The van der Waals surface area contributed by atoms with Gasteiger partial charge < -0.3 is 14.9 Å². The first-order chi connectivity index (χ1) is 9.40. The number of hydrogen-bond donors (Lipinski definition) is 2. The average molecular weight is 295 g/mol. The molecule has 2 N–H and O–H groups in total. The van der Waals surface area contributed by atoms with E-state index in [4.69, 9.17) is 14.9 Å². The Balaban J connectivity index is 0.00000110. The van der Waals surface area contributed by atoms with Crippen LogP contribution >= 0.6 is 0 Å². The lowest BCUT2D eigenvalue weighted by atomic mass is 10.1. The molecule has 0 saturated heterocycles. The highest BCUT2D eigenvalue weighted by Crippen LogP contribution is 2.28. The number of pyridine rings is 1. The summed E-state index contributed by atoms with van der Waals surface area (Å²) in [5.41, 5.74) is -0.273. The third-order valence-corrected chi connectivity index (χ3v) is 2.30. The Morgan fingerprint density at radius 2 is 1.85 bits per heavy atom. The van der Waals surface area contributed by atoms with Crippen molar-refractivity contribution in [1.82, 2.24) is 4.98 Å². The molecule has 0 aliphatic heterocycles. The van der Waals surface area contributed by atoms with Gasteiger partial charge in [0.1, 0.15) is 5.69 Å². The molecule has 20 heavy (non-hydrogen) atoms. The number of ether oxygens (including phenoxy) is 1. The minimum atomic E-state index is -4.48. The molecule has 116 valence electrons. The lowest BCUT2D eigenvalue weighted by Crippen LogP contribution is -2.11. The Kier molecular flexibility index (Phi) is 9.11. The molecule has 0 aliphatic carbocycles. The number of aliphatic hydroxyl groups is 2. The molecule has 0 saturated carbocycles. The van der Waals surface area contributed by atoms with E-state index in [1.165, 1.54) is 6.07 Å². The second kappa shape index (κ2) is 9.68. The quantitative estimate of drug-likeness (QED) is 0.817. The van der Waals surface area contributed by atoms with Gasteiger partial charge in [0.25, 0.3) is 0 Å². The molecule has 1 rings (SSSR count). The summed E-state index contributed by atoms with van der Waals surface area (Å²) in [5, 5.41) is 16.6. The molecule has 0 amide bonds. The van der Waals surface area contributed by atoms with Crippen molar-refractivity contribution in [2.24, 2.45) is 0 Å². The predicted octanol–water partition coefficient (Wildman–Crippen LogP) is 2.17. The van der Waals surface area contributed by atoms with Crippen molar-refractivity contribution in [3.05, 3.63) is 29.1 Å². The molecule has 1 aromatic heterocycles. The normalized spacial score (nSPS) is 10.9. The zero-order chi connectivity index (χ0) is 15.6. The van der Waals surface area contributed by atoms with Crippen LogP contribution < -0.4 is 0 Å². The van der Waals surface area contributed by atoms with Crippen LogP contribution in [-0.2, 0) is 23.9 Å². The Morgan fingerprint density at radius 1 is 1.25 bits per heavy atom. The maximum absolute atomic E-state index is 12.4. The Hall–Kier alpha value is -1.18. The average Bonchev–Trinajstić information content (AvgIpc) is 2.39. The Labute approximate surface area is 116 Å². The molecule has 7 heteroatoms. The van der Waals surface area contributed by atoms with Crippen LogP contribution in [-0.4, -0.2) is 35.5 Å². The second-order valence-electron chi connectivity index (χ2n) is 3.87. The molecule has 0 spiro atoms. The summed E-state index contributed by atoms with van der Waals surface area (Å²) in [6, 6.07) is 2.29. The fraction of sp³-hybridized carbons (Fsp3) is 0.615. The highest BCUT2D eigenvalue weighted by atomic mass is 19.4. The van der Waals surface area contributed by atoms with Crippen LogP contribution in [0.25, 0.3) is 0 Å². The van der Waals surface area contributed by atoms with Gasteiger partial charge in [0, 0.05) is 20.3 Å². The fourth-order valence-electron chi connectivity index (χ4n) is 1.46. The number of nitrogens with zero attached hydrogens (tertiary/aromatic N) is 1. The van der Waals surface area contributed by atoms with Crippen molar-refractivity contribution in [1.29, 1.82) is 0 Å². The van der Waals surface area contributed by atoms with E-state index < -0.39 is 18.5 Å². The van der Waals surface area contributed by atoms with Crippen molar-refractivity contribution in [2.45, 2.75) is 32.5 Å². The number of methoxy groups -OCH3 is 1. The first-order valence-electron chi connectivity index (χ1n) is 6.17. The van der Waals surface area contributed by atoms with Crippen molar-refractivity contribution in [2.75, 3.05) is 20.3 Å². The number of alkyl halides is 3. The van der Waals surface area contributed by atoms with Crippen LogP contribution in [0.5, 0.6) is 0 Å². The van der Waals surface area contributed by atoms with Gasteiger partial charge >= 0.3 is 6.18 Å². The van der Waals surface area contributed by atoms with Crippen LogP contribution in [0.3, 0.4) is 0 Å². The minimum absolute atomic E-state index is 0.0796. The van der Waals surface area contributed by atoms with Gasteiger partial charge in [-0.15, -0.1) is 0 Å². The Morgan fingerprint density at radius 3 is 2.30 bits per heavy atom. The van der Waals surface area contributed by atoms with E-state index >= 15 is 0 Å². The molecular weight excluding hydrogens is 275 g/mol. The lowest BCUT2D eigenvalue weighted by molar-refractivity contribution is -0.141. The highest BCUT2D eigenvalue weighted by molar-refractivity contribution is 5.24. The topological polar surface area (TPSA) is 62.6 Å². The monoisotopic (exact) mass is 295 g/mol. The van der Waals surface area contributed by atoms with Crippen molar-refractivity contribution in [3.63, 3.8) is 0 Å². The Bertz CT molecular complexity index is 384. The molecule has 0 radical (unpaired) electrons. The molecule has 0 aliphatic rings. The zero-order valence-corrected chi connectivity index (χ0v) is 11.6. The molecule has 0 bridgehead atoms. The summed E-state index contributed by atoms with van der Waals surface area (Å²) < 4.78 is 42.0. The maximum atomic E-state index is 12.4. The van der Waals surface area contributed by atoms with E-state index in [9.17, 15) is 13.2 Å². The van der Waals surface area contributed by atoms with E-state index in [-0.39, 0.29) is 12.3 Å². The first kappa shape index (κ1) is 18.8. The largest absolute Gasteiger partial charge is 0.433 e. The number of rotatable bonds is 5. The molecule has 0 fully saturated rings. The van der Waals surface area contributed by atoms with Crippen molar-refractivity contribution >= 4 is 0 Å². The van der Waals surface area contributed by atoms with Gasteiger partial charge in [0.05, 0.1) is 12.3 Å². The standard InChI is InChI=1S/C11H14F3NO2.C2H6O/c1-17-6-2-3-8-4-5-10(11(12,13)14)15-9(8)7-16;1-2-3/h4-5,16H,2-3,6-7H2,1H3;3H,2H2,1H3. The molecule has 0 unspecified atom stereocenters. The van der Waals surface area contributed by atoms with Gasteiger partial charge in [-0.1, -0.05) is 6.07 Å². The van der Waals surface area contributed by atoms with Crippen LogP contribution in [0.1, 0.15) is 30.3 Å². The summed E-state index contributed by atoms with van der Waals surface area (Å²) in [6.07, 6.45) is -3.26. The third-order valence-electron chi connectivity index (χ3n) is 2.30. The van der Waals surface area contributed by atoms with Gasteiger partial charge in [-0.3, -0.25) is 0 Å². The van der Waals surface area contributed by atoms with Gasteiger partial charge in [-0.25, -0.2) is 4.98 Å². The smallest absolute Gasteiger partial charge is 0.397 e. The minimum Gasteiger partial charge on any atom is -0.397 e. The lowest BCUT2D eigenvalue weighted by Gasteiger charge is -2.11. The summed E-state index contributed by atoms with van der Waals surface area (Å²) in [5.74, 6) is 0. The highest BCUT2D eigenvalue weighted by Gasteiger charge is 2.32. The number of halogens is 3. The van der Waals surface area contributed by atoms with E-state index in [2.05, 4.69) is 4.98 Å². The van der Waals surface area contributed by atoms with Gasteiger partial charge in [-0.05, 0) is 31.4 Å². The first-order valence-corrected chi connectivity index (χ1v) is 6.17. The number of aliphatic hydroxyl groups excluding tert-OH is 2. The molecule has 0 atom stereocenters. The molecular formula is C13H20F3NO3. The van der Waals surface area contributed by atoms with E-state index in [1.54, 1.807) is 14.0 Å². The zero-order valence-electron chi connectivity index (χ0n) is 11.6. The summed E-state index contributed by atoms with van der Waals surface area (Å²) in [6.45, 7) is 1.96. The molecule has 0 aromatic carbocycles. The summed E-state index contributed by atoms with van der Waals surface area (Å²) >= 11 is 0. The van der Waals surface area contributed by atoms with Gasteiger partial charge in [-0.2, -0.15) is 13.2 Å². The number of aryl methyl sites for hydroxylation is 1. The molecule has 1 aromatic rings. The fourth-order valence-corrected chi connectivity index (χ4v) is 1.46. The van der Waals surface area contributed by atoms with E-state index in [0.29, 0.717) is 25.0 Å². The number of hydrogen-bond acceptors (Lipinski definition) is 4. The van der Waals surface area contributed by atoms with Crippen LogP contribution in [0.4, 0.5) is 13.2 Å². The van der Waals surface area contributed by atoms with Crippen LogP contribution in [0, 0.1) is 0 Å². The maximum Gasteiger partial charge on any atom is 0.433 e. The second-order valence-corrected chi connectivity index (χ2v) is 3.87. The predicted molar refractivity (Wildman–Crippen MR) is 68.1 cm³/mol. The van der Waals surface area contributed by atoms with Crippen molar-refractivity contribution in [3.8, 4) is 0 Å². The summed E-state index contributed by atoms with van der Waals surface area (Å²) in [4.78, 5) is 3.43.